The molecule has 3 aromatic rings. The highest BCUT2D eigenvalue weighted by molar-refractivity contribution is 5.85. The molecule has 0 bridgehead atoms. The summed E-state index contributed by atoms with van der Waals surface area (Å²) < 4.78 is 7.48. The molecule has 0 aliphatic carbocycles. The van der Waals surface area contributed by atoms with Gasteiger partial charge in [-0.1, -0.05) is 60.7 Å². The molecule has 3 rings (SSSR count). The molecule has 0 aliphatic rings. The van der Waals surface area contributed by atoms with Gasteiger partial charge in [0.05, 0.1) is 12.2 Å². The summed E-state index contributed by atoms with van der Waals surface area (Å²) in [6, 6.07) is 20.0. The van der Waals surface area contributed by atoms with Crippen LogP contribution in [0.5, 0.6) is 0 Å². The van der Waals surface area contributed by atoms with Crippen LogP contribution >= 0.6 is 0 Å². The maximum atomic E-state index is 12.6. The van der Waals surface area contributed by atoms with Crippen LogP contribution in [0.3, 0.4) is 0 Å². The first kappa shape index (κ1) is 18.7. The molecule has 5 heteroatoms. The number of benzene rings is 2. The fraction of sp³-hybridized carbons (Fsp3) is 0.273. The van der Waals surface area contributed by atoms with E-state index in [4.69, 9.17) is 9.72 Å². The van der Waals surface area contributed by atoms with Gasteiger partial charge in [-0.2, -0.15) is 0 Å². The zero-order chi connectivity index (χ0) is 19.4. The first-order chi connectivity index (χ1) is 12.8. The molecule has 140 valence electrons. The van der Waals surface area contributed by atoms with Crippen molar-refractivity contribution in [1.29, 1.82) is 0 Å². The lowest BCUT2D eigenvalue weighted by Crippen LogP contribution is -2.35. The van der Waals surface area contributed by atoms with E-state index in [0.717, 1.165) is 16.8 Å². The van der Waals surface area contributed by atoms with E-state index in [2.05, 4.69) is 12.1 Å². The van der Waals surface area contributed by atoms with E-state index in [1.807, 2.05) is 80.1 Å². The summed E-state index contributed by atoms with van der Waals surface area (Å²) >= 11 is 0. The molecule has 0 unspecified atom stereocenters. The molecular weight excluding hydrogens is 338 g/mol. The van der Waals surface area contributed by atoms with Crippen LogP contribution in [0.25, 0.3) is 11.3 Å². The van der Waals surface area contributed by atoms with E-state index in [-0.39, 0.29) is 0 Å². The van der Waals surface area contributed by atoms with E-state index in [9.17, 15) is 4.79 Å². The van der Waals surface area contributed by atoms with Crippen molar-refractivity contribution >= 4 is 12.0 Å². The average molecular weight is 363 g/mol. The van der Waals surface area contributed by atoms with Crippen LogP contribution < -0.4 is 4.90 Å². The number of amides is 1. The van der Waals surface area contributed by atoms with Gasteiger partial charge in [0, 0.05) is 18.8 Å². The Bertz CT molecular complexity index is 896. The molecule has 0 saturated heterocycles. The van der Waals surface area contributed by atoms with Crippen molar-refractivity contribution in [2.45, 2.75) is 32.9 Å². The van der Waals surface area contributed by atoms with Gasteiger partial charge in [0.2, 0.25) is 5.95 Å². The number of hydrogen-bond acceptors (Lipinski definition) is 3. The lowest BCUT2D eigenvalue weighted by atomic mass is 10.2. The number of imidazole rings is 1. The molecule has 1 amide bonds. The quantitative estimate of drug-likeness (QED) is 0.657. The molecule has 0 fully saturated rings. The van der Waals surface area contributed by atoms with Crippen molar-refractivity contribution in [3.05, 3.63) is 72.4 Å². The van der Waals surface area contributed by atoms with Gasteiger partial charge in [0.15, 0.2) is 0 Å². The van der Waals surface area contributed by atoms with Gasteiger partial charge < -0.3 is 9.30 Å². The van der Waals surface area contributed by atoms with Gasteiger partial charge in [-0.25, -0.2) is 9.78 Å². The fourth-order valence-corrected chi connectivity index (χ4v) is 2.73. The highest BCUT2D eigenvalue weighted by Gasteiger charge is 2.24. The van der Waals surface area contributed by atoms with Crippen LogP contribution in [-0.4, -0.2) is 28.3 Å². The Morgan fingerprint density at radius 3 is 2.22 bits per heavy atom. The zero-order valence-electron chi connectivity index (χ0n) is 16.2. The number of aromatic nitrogens is 2. The number of carbonyl (C=O) groups excluding carboxylic acids is 1. The van der Waals surface area contributed by atoms with Crippen LogP contribution in [0.1, 0.15) is 26.3 Å². The fourth-order valence-electron chi connectivity index (χ4n) is 2.73. The summed E-state index contributed by atoms with van der Waals surface area (Å²) in [4.78, 5) is 18.7. The highest BCUT2D eigenvalue weighted by atomic mass is 16.6. The second kappa shape index (κ2) is 7.66. The summed E-state index contributed by atoms with van der Waals surface area (Å²) in [5, 5.41) is 0. The smallest absolute Gasteiger partial charge is 0.416 e. The van der Waals surface area contributed by atoms with E-state index in [1.165, 1.54) is 4.90 Å². The normalized spacial score (nSPS) is 11.3. The van der Waals surface area contributed by atoms with Crippen LogP contribution in [-0.2, 0) is 11.3 Å². The highest BCUT2D eigenvalue weighted by Crippen LogP contribution is 2.24. The predicted molar refractivity (Wildman–Crippen MR) is 108 cm³/mol. The number of ether oxygens (including phenoxy) is 1. The van der Waals surface area contributed by atoms with Crippen LogP contribution in [0, 0.1) is 0 Å². The Hall–Kier alpha value is -3.08. The SMILES string of the molecule is CN(C(=O)OC(C)(C)C)c1nc(-c2ccccc2)cn1Cc1ccccc1. The molecule has 1 heterocycles. The third-order valence-electron chi connectivity index (χ3n) is 3.99. The second-order valence-electron chi connectivity index (χ2n) is 7.45. The summed E-state index contributed by atoms with van der Waals surface area (Å²) in [7, 11) is 1.69. The number of hydrogen-bond donors (Lipinski definition) is 0. The van der Waals surface area contributed by atoms with Crippen LogP contribution in [0.15, 0.2) is 66.9 Å². The Kier molecular flexibility index (Phi) is 5.31. The summed E-state index contributed by atoms with van der Waals surface area (Å²) in [6.07, 6.45) is 1.54. The van der Waals surface area contributed by atoms with Gasteiger partial charge in [-0.05, 0) is 26.3 Å². The van der Waals surface area contributed by atoms with Crippen molar-refractivity contribution in [2.75, 3.05) is 11.9 Å². The van der Waals surface area contributed by atoms with Gasteiger partial charge >= 0.3 is 6.09 Å². The van der Waals surface area contributed by atoms with E-state index < -0.39 is 11.7 Å². The van der Waals surface area contributed by atoms with Crippen LogP contribution in [0.4, 0.5) is 10.7 Å². The monoisotopic (exact) mass is 363 g/mol. The summed E-state index contributed by atoms with van der Waals surface area (Å²) in [5.41, 5.74) is 2.39. The average Bonchev–Trinajstić information content (AvgIpc) is 3.05. The minimum Gasteiger partial charge on any atom is -0.443 e. The van der Waals surface area contributed by atoms with Gasteiger partial charge in [0.1, 0.15) is 5.60 Å². The molecular formula is C22H25N3O2. The Balaban J connectivity index is 1.97. The van der Waals surface area contributed by atoms with E-state index >= 15 is 0 Å². The van der Waals surface area contributed by atoms with Crippen molar-refractivity contribution in [3.63, 3.8) is 0 Å². The standard InChI is InChI=1S/C22H25N3O2/c1-22(2,3)27-21(26)24(4)20-23-19(18-13-9-6-10-14-18)16-25(20)15-17-11-7-5-8-12-17/h5-14,16H,15H2,1-4H3. The maximum absolute atomic E-state index is 12.6. The number of anilines is 1. The van der Waals surface area contributed by atoms with Crippen molar-refractivity contribution in [3.8, 4) is 11.3 Å². The molecule has 0 saturated carbocycles. The first-order valence-electron chi connectivity index (χ1n) is 8.97. The Morgan fingerprint density at radius 2 is 1.63 bits per heavy atom. The first-order valence-corrected chi connectivity index (χ1v) is 8.97. The van der Waals surface area contributed by atoms with Gasteiger partial charge in [0.25, 0.3) is 0 Å². The lowest BCUT2D eigenvalue weighted by molar-refractivity contribution is 0.0586. The molecule has 0 spiro atoms. The number of rotatable bonds is 4. The molecule has 1 aromatic heterocycles. The maximum Gasteiger partial charge on any atom is 0.416 e. The number of nitrogens with zero attached hydrogens (tertiary/aromatic N) is 3. The molecule has 0 atom stereocenters. The van der Waals surface area contributed by atoms with Crippen molar-refractivity contribution in [2.24, 2.45) is 0 Å². The minimum absolute atomic E-state index is 0.429. The van der Waals surface area contributed by atoms with Crippen LogP contribution in [0.2, 0.25) is 0 Å². The molecule has 2 aromatic carbocycles. The topological polar surface area (TPSA) is 47.4 Å². The van der Waals surface area contributed by atoms with Gasteiger partial charge in [-0.3, -0.25) is 4.90 Å². The largest absolute Gasteiger partial charge is 0.443 e. The third kappa shape index (κ3) is 4.76. The predicted octanol–water partition coefficient (Wildman–Crippen LogP) is 4.97. The molecule has 0 N–H and O–H groups in total. The van der Waals surface area contributed by atoms with E-state index in [1.54, 1.807) is 7.05 Å². The van der Waals surface area contributed by atoms with E-state index in [0.29, 0.717) is 12.5 Å². The molecule has 0 radical (unpaired) electrons. The molecule has 27 heavy (non-hydrogen) atoms. The summed E-state index contributed by atoms with van der Waals surface area (Å²) in [6.45, 7) is 6.17. The molecule has 0 aliphatic heterocycles. The van der Waals surface area contributed by atoms with Gasteiger partial charge in [-0.15, -0.1) is 0 Å². The number of carbonyl (C=O) groups is 1. The Morgan fingerprint density at radius 1 is 1.04 bits per heavy atom. The zero-order valence-corrected chi connectivity index (χ0v) is 16.2. The van der Waals surface area contributed by atoms with Crippen molar-refractivity contribution in [1.82, 2.24) is 9.55 Å². The Labute approximate surface area is 160 Å². The minimum atomic E-state index is -0.565. The second-order valence-corrected chi connectivity index (χ2v) is 7.45. The summed E-state index contributed by atoms with van der Waals surface area (Å²) in [5.74, 6) is 0.548. The lowest BCUT2D eigenvalue weighted by Gasteiger charge is -2.24. The van der Waals surface area contributed by atoms with Crippen molar-refractivity contribution < 1.29 is 9.53 Å². The third-order valence-corrected chi connectivity index (χ3v) is 3.99. The molecule has 5 nitrogen and oxygen atoms in total.